The molecule has 0 aliphatic carbocycles. The minimum Gasteiger partial charge on any atom is -0.459 e. The van der Waals surface area contributed by atoms with E-state index >= 15 is 0 Å². The van der Waals surface area contributed by atoms with Crippen molar-refractivity contribution in [3.63, 3.8) is 0 Å². The van der Waals surface area contributed by atoms with E-state index in [9.17, 15) is 9.18 Å². The quantitative estimate of drug-likeness (QED) is 0.624. The smallest absolute Gasteiger partial charge is 0.220 e. The van der Waals surface area contributed by atoms with Crippen molar-refractivity contribution in [3.05, 3.63) is 64.9 Å². The molecule has 6 nitrogen and oxygen atoms in total. The van der Waals surface area contributed by atoms with E-state index in [4.69, 9.17) is 9.68 Å². The maximum absolute atomic E-state index is 13.0. The minimum absolute atomic E-state index is 0.0756. The molecular formula is C22H23FN4O2. The number of furan rings is 1. The van der Waals surface area contributed by atoms with Crippen molar-refractivity contribution >= 4 is 5.91 Å². The highest BCUT2D eigenvalue weighted by Crippen LogP contribution is 2.22. The third-order valence-corrected chi connectivity index (χ3v) is 4.82. The predicted molar refractivity (Wildman–Crippen MR) is 106 cm³/mol. The second-order valence-corrected chi connectivity index (χ2v) is 6.83. The number of hydrogen-bond acceptors (Lipinski definition) is 4. The lowest BCUT2D eigenvalue weighted by Crippen LogP contribution is -2.22. The molecule has 0 saturated carbocycles. The Balaban J connectivity index is 1.51. The van der Waals surface area contributed by atoms with Gasteiger partial charge < -0.3 is 9.73 Å². The number of nitrogens with zero attached hydrogens (tertiary/aromatic N) is 3. The molecule has 2 aromatic heterocycles. The van der Waals surface area contributed by atoms with Crippen molar-refractivity contribution in [2.24, 2.45) is 0 Å². The van der Waals surface area contributed by atoms with Gasteiger partial charge in [0.1, 0.15) is 17.3 Å². The van der Waals surface area contributed by atoms with E-state index in [-0.39, 0.29) is 11.7 Å². The fourth-order valence-corrected chi connectivity index (χ4v) is 3.22. The number of hydrogen-bond donors (Lipinski definition) is 1. The molecule has 0 radical (unpaired) electrons. The van der Waals surface area contributed by atoms with E-state index in [1.165, 1.54) is 12.1 Å². The number of amides is 1. The average molecular weight is 394 g/mol. The molecule has 0 unspecified atom stereocenters. The molecule has 3 rings (SSSR count). The number of rotatable bonds is 8. The van der Waals surface area contributed by atoms with Gasteiger partial charge in [-0.3, -0.25) is 9.48 Å². The van der Waals surface area contributed by atoms with E-state index in [1.807, 2.05) is 18.5 Å². The van der Waals surface area contributed by atoms with Crippen molar-refractivity contribution < 1.29 is 13.6 Å². The van der Waals surface area contributed by atoms with Crippen molar-refractivity contribution in [3.8, 4) is 17.4 Å². The van der Waals surface area contributed by atoms with Crippen LogP contribution in [0, 0.1) is 31.0 Å². The van der Waals surface area contributed by atoms with Crippen LogP contribution < -0.4 is 5.32 Å². The van der Waals surface area contributed by atoms with E-state index in [0.29, 0.717) is 43.9 Å². The van der Waals surface area contributed by atoms with Crippen LogP contribution in [-0.2, 0) is 24.3 Å². The van der Waals surface area contributed by atoms with Gasteiger partial charge in [0.25, 0.3) is 0 Å². The molecule has 29 heavy (non-hydrogen) atoms. The summed E-state index contributed by atoms with van der Waals surface area (Å²) in [6.07, 6.45) is 1.34. The number of nitrogens with one attached hydrogen (secondary N) is 1. The highest BCUT2D eigenvalue weighted by atomic mass is 19.1. The molecule has 0 atom stereocenters. The molecule has 3 aromatic rings. The summed E-state index contributed by atoms with van der Waals surface area (Å²) in [6, 6.07) is 11.8. The zero-order valence-electron chi connectivity index (χ0n) is 16.5. The van der Waals surface area contributed by atoms with Crippen LogP contribution in [0.15, 0.2) is 40.8 Å². The molecule has 2 heterocycles. The van der Waals surface area contributed by atoms with Crippen LogP contribution in [0.2, 0.25) is 0 Å². The Labute approximate surface area is 169 Å². The van der Waals surface area contributed by atoms with Gasteiger partial charge in [-0.25, -0.2) is 4.39 Å². The van der Waals surface area contributed by atoms with Crippen LogP contribution in [0.25, 0.3) is 11.3 Å². The van der Waals surface area contributed by atoms with Crippen LogP contribution in [0.4, 0.5) is 4.39 Å². The van der Waals surface area contributed by atoms with Crippen LogP contribution in [-0.4, -0.2) is 15.7 Å². The first kappa shape index (κ1) is 20.3. The zero-order chi connectivity index (χ0) is 20.8. The molecule has 1 N–H and O–H groups in total. The molecule has 1 amide bonds. The third kappa shape index (κ3) is 5.11. The van der Waals surface area contributed by atoms with Crippen LogP contribution in [0.1, 0.15) is 35.6 Å². The summed E-state index contributed by atoms with van der Waals surface area (Å²) in [4.78, 5) is 12.2. The van der Waals surface area contributed by atoms with Crippen molar-refractivity contribution in [2.45, 2.75) is 46.2 Å². The van der Waals surface area contributed by atoms with E-state index in [0.717, 1.165) is 22.5 Å². The Morgan fingerprint density at radius 3 is 2.72 bits per heavy atom. The molecule has 0 aliphatic heterocycles. The summed E-state index contributed by atoms with van der Waals surface area (Å²) >= 11 is 0. The van der Waals surface area contributed by atoms with Gasteiger partial charge in [-0.05, 0) is 62.2 Å². The SMILES string of the molecule is Cc1nn(CCC#N)c(C)c1CCC(=O)NCc1ccc(-c2ccc(F)cc2)o1. The number of aryl methyl sites for hydroxylation is 2. The van der Waals surface area contributed by atoms with Crippen LogP contribution in [0.3, 0.4) is 0 Å². The normalized spacial score (nSPS) is 10.7. The van der Waals surface area contributed by atoms with Gasteiger partial charge in [-0.1, -0.05) is 0 Å². The molecular weight excluding hydrogens is 371 g/mol. The zero-order valence-corrected chi connectivity index (χ0v) is 16.5. The van der Waals surface area contributed by atoms with Gasteiger partial charge >= 0.3 is 0 Å². The molecule has 0 spiro atoms. The van der Waals surface area contributed by atoms with E-state index in [1.54, 1.807) is 24.3 Å². The van der Waals surface area contributed by atoms with Gasteiger partial charge in [-0.15, -0.1) is 0 Å². The lowest BCUT2D eigenvalue weighted by molar-refractivity contribution is -0.121. The molecule has 0 fully saturated rings. The number of nitriles is 1. The summed E-state index contributed by atoms with van der Waals surface area (Å²) in [5, 5.41) is 16.0. The Morgan fingerprint density at radius 2 is 2.00 bits per heavy atom. The number of benzene rings is 1. The standard InChI is InChI=1S/C22H23FN4O2/c1-15-20(16(2)27(26-15)13-3-12-24)9-11-22(28)25-14-19-8-10-21(29-19)17-4-6-18(23)7-5-17/h4-8,10H,3,9,11,13-14H2,1-2H3,(H,25,28). The summed E-state index contributed by atoms with van der Waals surface area (Å²) in [5.74, 6) is 0.891. The number of halogens is 1. The monoisotopic (exact) mass is 394 g/mol. The summed E-state index contributed by atoms with van der Waals surface area (Å²) < 4.78 is 20.6. The third-order valence-electron chi connectivity index (χ3n) is 4.82. The average Bonchev–Trinajstić information content (AvgIpc) is 3.28. The van der Waals surface area contributed by atoms with Crippen molar-refractivity contribution in [1.82, 2.24) is 15.1 Å². The lowest BCUT2D eigenvalue weighted by atomic mass is 10.1. The molecule has 150 valence electrons. The topological polar surface area (TPSA) is 83.8 Å². The molecule has 0 saturated heterocycles. The summed E-state index contributed by atoms with van der Waals surface area (Å²) in [6.45, 7) is 4.73. The number of aromatic nitrogens is 2. The predicted octanol–water partition coefficient (Wildman–Crippen LogP) is 4.06. The maximum atomic E-state index is 13.0. The Morgan fingerprint density at radius 1 is 1.24 bits per heavy atom. The van der Waals surface area contributed by atoms with Crippen LogP contribution in [0.5, 0.6) is 0 Å². The first-order valence-electron chi connectivity index (χ1n) is 9.49. The summed E-state index contributed by atoms with van der Waals surface area (Å²) in [7, 11) is 0. The first-order valence-corrected chi connectivity index (χ1v) is 9.49. The highest BCUT2D eigenvalue weighted by molar-refractivity contribution is 5.76. The fourth-order valence-electron chi connectivity index (χ4n) is 3.22. The Bertz CT molecular complexity index is 1030. The summed E-state index contributed by atoms with van der Waals surface area (Å²) in [5.41, 5.74) is 3.72. The highest BCUT2D eigenvalue weighted by Gasteiger charge is 2.13. The van der Waals surface area contributed by atoms with Crippen molar-refractivity contribution in [1.29, 1.82) is 5.26 Å². The second kappa shape index (κ2) is 9.20. The molecule has 0 bridgehead atoms. The van der Waals surface area contributed by atoms with Gasteiger partial charge in [-0.2, -0.15) is 10.4 Å². The van der Waals surface area contributed by atoms with Gasteiger partial charge in [0.2, 0.25) is 5.91 Å². The molecule has 0 aliphatic rings. The van der Waals surface area contributed by atoms with Gasteiger partial charge in [0.15, 0.2) is 0 Å². The maximum Gasteiger partial charge on any atom is 0.220 e. The van der Waals surface area contributed by atoms with Crippen molar-refractivity contribution in [2.75, 3.05) is 0 Å². The van der Waals surface area contributed by atoms with E-state index < -0.39 is 0 Å². The minimum atomic E-state index is -0.297. The number of carbonyl (C=O) groups is 1. The fraction of sp³-hybridized carbons (Fsp3) is 0.318. The van der Waals surface area contributed by atoms with E-state index in [2.05, 4.69) is 16.5 Å². The molecule has 7 heteroatoms. The van der Waals surface area contributed by atoms with Gasteiger partial charge in [0, 0.05) is 17.7 Å². The Hall–Kier alpha value is -3.40. The first-order chi connectivity index (χ1) is 14.0. The lowest BCUT2D eigenvalue weighted by Gasteiger charge is -2.05. The Kier molecular flexibility index (Phi) is 6.45. The van der Waals surface area contributed by atoms with Crippen LogP contribution >= 0.6 is 0 Å². The van der Waals surface area contributed by atoms with Gasteiger partial charge in [0.05, 0.1) is 31.3 Å². The largest absolute Gasteiger partial charge is 0.459 e. The number of carbonyl (C=O) groups excluding carboxylic acids is 1. The second-order valence-electron chi connectivity index (χ2n) is 6.83. The molecule has 1 aromatic carbocycles.